The van der Waals surface area contributed by atoms with E-state index in [-0.39, 0.29) is 5.91 Å². The van der Waals surface area contributed by atoms with Crippen LogP contribution in [0.25, 0.3) is 22.2 Å². The van der Waals surface area contributed by atoms with Gasteiger partial charge in [-0.05, 0) is 85.8 Å². The first-order valence-electron chi connectivity index (χ1n) is 13.0. The zero-order chi connectivity index (χ0) is 26.1. The lowest BCUT2D eigenvalue weighted by atomic mass is 9.89. The number of anilines is 1. The Bertz CT molecular complexity index is 1410. The lowest BCUT2D eigenvalue weighted by Crippen LogP contribution is -2.33. The Labute approximate surface area is 219 Å². The summed E-state index contributed by atoms with van der Waals surface area (Å²) in [5.41, 5.74) is 7.88. The van der Waals surface area contributed by atoms with E-state index in [9.17, 15) is 4.79 Å². The van der Waals surface area contributed by atoms with E-state index < -0.39 is 0 Å². The minimum atomic E-state index is 0.0513. The van der Waals surface area contributed by atoms with Crippen LogP contribution >= 0.6 is 0 Å². The fourth-order valence-corrected chi connectivity index (χ4v) is 5.44. The SMILES string of the molecule is CNc1cc(C)c(-c2ccnc3c2cc(CN2CCC(c4ccc(C(=O)N(C)C)cc4)CC2)n3C)cn1. The number of fused-ring (bicyclic) bond motifs is 1. The molecular weight excluding hydrogens is 460 g/mol. The number of pyridine rings is 2. The standard InChI is InChI=1S/C30H36N6O/c1-20-16-28(31-2)33-18-27(20)25-10-13-32-29-26(25)17-24(35(29)5)19-36-14-11-22(12-15-36)21-6-8-23(9-7-21)30(37)34(3)4/h6-10,13,16-18,22H,11-12,14-15,19H2,1-5H3,(H,31,33). The third-order valence-corrected chi connectivity index (χ3v) is 7.69. The maximum atomic E-state index is 12.2. The van der Waals surface area contributed by atoms with E-state index in [0.29, 0.717) is 5.92 Å². The van der Waals surface area contributed by atoms with Crippen molar-refractivity contribution in [2.75, 3.05) is 39.5 Å². The highest BCUT2D eigenvalue weighted by atomic mass is 16.2. The molecule has 7 heteroatoms. The van der Waals surface area contributed by atoms with Crippen molar-refractivity contribution in [3.8, 4) is 11.1 Å². The monoisotopic (exact) mass is 496 g/mol. The van der Waals surface area contributed by atoms with Gasteiger partial charge in [0.15, 0.2) is 0 Å². The van der Waals surface area contributed by atoms with Gasteiger partial charge in [-0.15, -0.1) is 0 Å². The molecule has 0 saturated carbocycles. The third kappa shape index (κ3) is 4.96. The van der Waals surface area contributed by atoms with Crippen LogP contribution in [0.3, 0.4) is 0 Å². The molecule has 3 aromatic heterocycles. The van der Waals surface area contributed by atoms with Gasteiger partial charge in [-0.1, -0.05) is 12.1 Å². The molecule has 0 bridgehead atoms. The molecule has 5 rings (SSSR count). The maximum Gasteiger partial charge on any atom is 0.253 e. The number of carbonyl (C=O) groups is 1. The van der Waals surface area contributed by atoms with E-state index >= 15 is 0 Å². The predicted molar refractivity (Wildman–Crippen MR) is 150 cm³/mol. The molecule has 37 heavy (non-hydrogen) atoms. The minimum absolute atomic E-state index is 0.0513. The molecule has 1 aromatic carbocycles. The molecule has 1 amide bonds. The van der Waals surface area contributed by atoms with Crippen molar-refractivity contribution in [3.05, 3.63) is 77.2 Å². The number of likely N-dealkylation sites (tertiary alicyclic amines) is 1. The van der Waals surface area contributed by atoms with Crippen LogP contribution in [0.2, 0.25) is 0 Å². The Balaban J connectivity index is 1.30. The van der Waals surface area contributed by atoms with Gasteiger partial charge in [0.25, 0.3) is 5.91 Å². The Morgan fingerprint density at radius 3 is 2.43 bits per heavy atom. The molecule has 0 unspecified atom stereocenters. The van der Waals surface area contributed by atoms with Gasteiger partial charge in [-0.25, -0.2) is 9.97 Å². The Kier molecular flexibility index (Phi) is 6.98. The van der Waals surface area contributed by atoms with Gasteiger partial charge in [-0.3, -0.25) is 9.69 Å². The molecule has 7 nitrogen and oxygen atoms in total. The molecule has 1 aliphatic heterocycles. The van der Waals surface area contributed by atoms with E-state index in [1.165, 1.54) is 27.8 Å². The number of amides is 1. The quantitative estimate of drug-likeness (QED) is 0.404. The number of nitrogens with zero attached hydrogens (tertiary/aromatic N) is 5. The predicted octanol–water partition coefficient (Wildman–Crippen LogP) is 5.07. The van der Waals surface area contributed by atoms with Crippen LogP contribution in [0.15, 0.2) is 54.9 Å². The highest BCUT2D eigenvalue weighted by Gasteiger charge is 2.23. The first-order chi connectivity index (χ1) is 17.9. The molecule has 0 spiro atoms. The van der Waals surface area contributed by atoms with Crippen molar-refractivity contribution in [3.63, 3.8) is 0 Å². The summed E-state index contributed by atoms with van der Waals surface area (Å²) < 4.78 is 2.23. The van der Waals surface area contributed by atoms with Crippen molar-refractivity contribution in [1.29, 1.82) is 0 Å². The van der Waals surface area contributed by atoms with E-state index in [1.54, 1.807) is 19.0 Å². The van der Waals surface area contributed by atoms with Crippen LogP contribution in [0.4, 0.5) is 5.82 Å². The molecule has 4 heterocycles. The molecule has 0 aliphatic carbocycles. The second-order valence-corrected chi connectivity index (χ2v) is 10.3. The molecule has 1 fully saturated rings. The average Bonchev–Trinajstić information content (AvgIpc) is 3.24. The van der Waals surface area contributed by atoms with Gasteiger partial charge in [-0.2, -0.15) is 0 Å². The van der Waals surface area contributed by atoms with E-state index in [1.807, 2.05) is 31.6 Å². The fraction of sp³-hybridized carbons (Fsp3) is 0.367. The summed E-state index contributed by atoms with van der Waals surface area (Å²) in [7, 11) is 7.59. The first-order valence-corrected chi connectivity index (χ1v) is 13.0. The van der Waals surface area contributed by atoms with Gasteiger partial charge >= 0.3 is 0 Å². The highest BCUT2D eigenvalue weighted by Crippen LogP contribution is 2.33. The average molecular weight is 497 g/mol. The van der Waals surface area contributed by atoms with Gasteiger partial charge < -0.3 is 14.8 Å². The van der Waals surface area contributed by atoms with Crippen LogP contribution in [0.1, 0.15) is 45.9 Å². The summed E-state index contributed by atoms with van der Waals surface area (Å²) in [5.74, 6) is 1.47. The Morgan fingerprint density at radius 1 is 1.05 bits per heavy atom. The number of aromatic nitrogens is 3. The molecule has 0 atom stereocenters. The lowest BCUT2D eigenvalue weighted by Gasteiger charge is -2.32. The van der Waals surface area contributed by atoms with E-state index in [4.69, 9.17) is 4.98 Å². The van der Waals surface area contributed by atoms with Gasteiger partial charge in [0.05, 0.1) is 0 Å². The molecular formula is C30H36N6O. The summed E-state index contributed by atoms with van der Waals surface area (Å²) >= 11 is 0. The van der Waals surface area contributed by atoms with Crippen molar-refractivity contribution >= 4 is 22.8 Å². The second-order valence-electron chi connectivity index (χ2n) is 10.3. The van der Waals surface area contributed by atoms with Gasteiger partial charge in [0.2, 0.25) is 0 Å². The maximum absolute atomic E-state index is 12.2. The first kappa shape index (κ1) is 25.0. The number of rotatable bonds is 6. The van der Waals surface area contributed by atoms with Crippen molar-refractivity contribution in [2.24, 2.45) is 7.05 Å². The van der Waals surface area contributed by atoms with Crippen LogP contribution in [0.5, 0.6) is 0 Å². The zero-order valence-corrected chi connectivity index (χ0v) is 22.5. The molecule has 1 aliphatic rings. The van der Waals surface area contributed by atoms with E-state index in [2.05, 4.69) is 64.1 Å². The van der Waals surface area contributed by atoms with Crippen LogP contribution in [-0.4, -0.2) is 64.5 Å². The lowest BCUT2D eigenvalue weighted by molar-refractivity contribution is 0.0827. The largest absolute Gasteiger partial charge is 0.373 e. The van der Waals surface area contributed by atoms with Crippen molar-refractivity contribution in [1.82, 2.24) is 24.3 Å². The number of hydrogen-bond donors (Lipinski definition) is 1. The second kappa shape index (κ2) is 10.3. The van der Waals surface area contributed by atoms with E-state index in [0.717, 1.165) is 55.1 Å². The zero-order valence-electron chi connectivity index (χ0n) is 22.5. The van der Waals surface area contributed by atoms with Crippen LogP contribution in [0, 0.1) is 6.92 Å². The van der Waals surface area contributed by atoms with Crippen LogP contribution < -0.4 is 5.32 Å². The molecule has 1 N–H and O–H groups in total. The molecule has 0 radical (unpaired) electrons. The number of nitrogens with one attached hydrogen (secondary N) is 1. The summed E-state index contributed by atoms with van der Waals surface area (Å²) in [6, 6.07) is 14.7. The summed E-state index contributed by atoms with van der Waals surface area (Å²) in [6.07, 6.45) is 6.10. The minimum Gasteiger partial charge on any atom is -0.373 e. The van der Waals surface area contributed by atoms with Crippen molar-refractivity contribution < 1.29 is 4.79 Å². The molecule has 192 valence electrons. The third-order valence-electron chi connectivity index (χ3n) is 7.69. The Hall–Kier alpha value is -3.71. The van der Waals surface area contributed by atoms with Crippen molar-refractivity contribution in [2.45, 2.75) is 32.2 Å². The number of hydrogen-bond acceptors (Lipinski definition) is 5. The summed E-state index contributed by atoms with van der Waals surface area (Å²) in [6.45, 7) is 5.15. The summed E-state index contributed by atoms with van der Waals surface area (Å²) in [4.78, 5) is 25.6. The highest BCUT2D eigenvalue weighted by molar-refractivity contribution is 5.95. The smallest absolute Gasteiger partial charge is 0.253 e. The topological polar surface area (TPSA) is 66.3 Å². The number of benzene rings is 1. The number of aryl methyl sites for hydroxylation is 2. The summed E-state index contributed by atoms with van der Waals surface area (Å²) in [5, 5.41) is 4.29. The van der Waals surface area contributed by atoms with Gasteiger partial charge in [0.1, 0.15) is 11.5 Å². The van der Waals surface area contributed by atoms with Gasteiger partial charge in [0, 0.05) is 69.3 Å². The molecule has 4 aromatic rings. The fourth-order valence-electron chi connectivity index (χ4n) is 5.44. The normalized spacial score (nSPS) is 14.7. The number of piperidine rings is 1. The molecule has 1 saturated heterocycles. The number of carbonyl (C=O) groups excluding carboxylic acids is 1. The van der Waals surface area contributed by atoms with Crippen LogP contribution in [-0.2, 0) is 13.6 Å². The Morgan fingerprint density at radius 2 is 1.78 bits per heavy atom.